The van der Waals surface area contributed by atoms with E-state index in [1.165, 1.54) is 17.4 Å². The molecule has 0 bridgehead atoms. The highest BCUT2D eigenvalue weighted by molar-refractivity contribution is 7.13. The first kappa shape index (κ1) is 18.1. The van der Waals surface area contributed by atoms with E-state index in [0.29, 0.717) is 10.2 Å². The fourth-order valence-electron chi connectivity index (χ4n) is 2.46. The third-order valence-electron chi connectivity index (χ3n) is 3.89. The van der Waals surface area contributed by atoms with Gasteiger partial charge in [-0.05, 0) is 30.2 Å². The van der Waals surface area contributed by atoms with Gasteiger partial charge in [0.25, 0.3) is 0 Å². The largest absolute Gasteiger partial charge is 0.379 e. The molecule has 1 aromatic heterocycles. The predicted octanol–water partition coefficient (Wildman–Crippen LogP) is 3.59. The molecule has 1 aromatic carbocycles. The zero-order valence-electron chi connectivity index (χ0n) is 14.0. The maximum atomic E-state index is 12.0. The van der Waals surface area contributed by atoms with E-state index in [2.05, 4.69) is 15.2 Å². The van der Waals surface area contributed by atoms with Crippen molar-refractivity contribution in [1.29, 1.82) is 0 Å². The number of nitrogens with zero attached hydrogens (tertiary/aromatic N) is 2. The lowest BCUT2D eigenvalue weighted by atomic mass is 10.1. The molecule has 1 N–H and O–H groups in total. The Bertz CT molecular complexity index is 769. The van der Waals surface area contributed by atoms with Crippen molar-refractivity contribution < 1.29 is 9.53 Å². The zero-order chi connectivity index (χ0) is 17.6. The van der Waals surface area contributed by atoms with E-state index < -0.39 is 0 Å². The highest BCUT2D eigenvalue weighted by Crippen LogP contribution is 2.19. The highest BCUT2D eigenvalue weighted by atomic mass is 35.5. The number of hydrogen-bond donors (Lipinski definition) is 1. The molecule has 1 aliphatic heterocycles. The van der Waals surface area contributed by atoms with Gasteiger partial charge in [-0.15, -0.1) is 11.3 Å². The number of thiazole rings is 1. The van der Waals surface area contributed by atoms with Gasteiger partial charge in [-0.3, -0.25) is 15.0 Å². The normalized spacial score (nSPS) is 15.6. The number of morpholine rings is 1. The molecule has 1 fully saturated rings. The smallest absolute Gasteiger partial charge is 0.250 e. The third kappa shape index (κ3) is 5.37. The van der Waals surface area contributed by atoms with Crippen LogP contribution in [0.15, 0.2) is 29.7 Å². The fraction of sp³-hybridized carbons (Fsp3) is 0.333. The van der Waals surface area contributed by atoms with E-state index in [1.807, 2.05) is 30.5 Å². The van der Waals surface area contributed by atoms with Crippen LogP contribution in [0.25, 0.3) is 6.08 Å². The summed E-state index contributed by atoms with van der Waals surface area (Å²) in [6.45, 7) is 6.10. The Kier molecular flexibility index (Phi) is 6.20. The Labute approximate surface area is 156 Å². The molecule has 2 heterocycles. The first-order valence-corrected chi connectivity index (χ1v) is 9.35. The van der Waals surface area contributed by atoms with Gasteiger partial charge in [0.2, 0.25) is 5.91 Å². The van der Waals surface area contributed by atoms with Crippen LogP contribution in [0, 0.1) is 6.92 Å². The minimum Gasteiger partial charge on any atom is -0.379 e. The molecule has 0 unspecified atom stereocenters. The van der Waals surface area contributed by atoms with Crippen LogP contribution in [0.1, 0.15) is 16.8 Å². The van der Waals surface area contributed by atoms with E-state index in [-0.39, 0.29) is 5.91 Å². The summed E-state index contributed by atoms with van der Waals surface area (Å²) in [5, 5.41) is 6.08. The summed E-state index contributed by atoms with van der Waals surface area (Å²) in [5.41, 5.74) is 2.87. The van der Waals surface area contributed by atoms with Gasteiger partial charge in [0.05, 0.1) is 18.9 Å². The number of aryl methyl sites for hydroxylation is 1. The molecule has 2 aromatic rings. The SMILES string of the molecule is Cc1ccc(/C=C/C(=O)Nc2nc(CN3CCOCC3)cs2)cc1Cl. The van der Waals surface area contributed by atoms with Crippen LogP contribution in [0.4, 0.5) is 5.13 Å². The minimum absolute atomic E-state index is 0.205. The van der Waals surface area contributed by atoms with E-state index in [1.54, 1.807) is 6.08 Å². The third-order valence-corrected chi connectivity index (χ3v) is 5.11. The van der Waals surface area contributed by atoms with Crippen molar-refractivity contribution in [3.8, 4) is 0 Å². The molecule has 25 heavy (non-hydrogen) atoms. The number of nitrogens with one attached hydrogen (secondary N) is 1. The van der Waals surface area contributed by atoms with Crippen molar-refractivity contribution >= 4 is 40.1 Å². The number of carbonyl (C=O) groups is 1. The number of hydrogen-bond acceptors (Lipinski definition) is 5. The van der Waals surface area contributed by atoms with Gasteiger partial charge in [0, 0.05) is 36.1 Å². The van der Waals surface area contributed by atoms with Crippen LogP contribution in [-0.4, -0.2) is 42.1 Å². The summed E-state index contributed by atoms with van der Waals surface area (Å²) < 4.78 is 5.34. The number of amides is 1. The lowest BCUT2D eigenvalue weighted by Crippen LogP contribution is -2.35. The van der Waals surface area contributed by atoms with E-state index >= 15 is 0 Å². The average Bonchev–Trinajstić information content (AvgIpc) is 3.03. The molecular formula is C18H20ClN3O2S. The van der Waals surface area contributed by atoms with Crippen molar-refractivity contribution in [2.75, 3.05) is 31.6 Å². The molecule has 5 nitrogen and oxygen atoms in total. The topological polar surface area (TPSA) is 54.5 Å². The molecular weight excluding hydrogens is 358 g/mol. The number of halogens is 1. The number of anilines is 1. The maximum absolute atomic E-state index is 12.0. The van der Waals surface area contributed by atoms with Gasteiger partial charge >= 0.3 is 0 Å². The van der Waals surface area contributed by atoms with Crippen molar-refractivity contribution in [3.63, 3.8) is 0 Å². The van der Waals surface area contributed by atoms with Gasteiger partial charge in [0.15, 0.2) is 5.13 Å². The number of rotatable bonds is 5. The molecule has 132 valence electrons. The van der Waals surface area contributed by atoms with Crippen molar-refractivity contribution in [3.05, 3.63) is 51.5 Å². The summed E-state index contributed by atoms with van der Waals surface area (Å²) in [7, 11) is 0. The Morgan fingerprint density at radius 3 is 3.00 bits per heavy atom. The molecule has 1 amide bonds. The molecule has 1 aliphatic rings. The molecule has 3 rings (SSSR count). The van der Waals surface area contributed by atoms with Crippen LogP contribution >= 0.6 is 22.9 Å². The predicted molar refractivity (Wildman–Crippen MR) is 102 cm³/mol. The lowest BCUT2D eigenvalue weighted by Gasteiger charge is -2.25. The molecule has 0 aliphatic carbocycles. The monoisotopic (exact) mass is 377 g/mol. The number of aromatic nitrogens is 1. The van der Waals surface area contributed by atoms with Crippen LogP contribution in [0.3, 0.4) is 0 Å². The van der Waals surface area contributed by atoms with Gasteiger partial charge < -0.3 is 4.74 Å². The quantitative estimate of drug-likeness (QED) is 0.809. The summed E-state index contributed by atoms with van der Waals surface area (Å²) in [5.74, 6) is -0.205. The van der Waals surface area contributed by atoms with Crippen molar-refractivity contribution in [2.24, 2.45) is 0 Å². The Balaban J connectivity index is 1.54. The Hall–Kier alpha value is -1.73. The fourth-order valence-corrected chi connectivity index (χ4v) is 3.35. The lowest BCUT2D eigenvalue weighted by molar-refractivity contribution is -0.111. The summed E-state index contributed by atoms with van der Waals surface area (Å²) >= 11 is 7.52. The zero-order valence-corrected chi connectivity index (χ0v) is 15.6. The van der Waals surface area contributed by atoms with Gasteiger partial charge in [0.1, 0.15) is 0 Å². The molecule has 0 saturated carbocycles. The summed E-state index contributed by atoms with van der Waals surface area (Å²) in [6.07, 6.45) is 3.23. The highest BCUT2D eigenvalue weighted by Gasteiger charge is 2.13. The second-order valence-electron chi connectivity index (χ2n) is 5.86. The van der Waals surface area contributed by atoms with Gasteiger partial charge in [-0.2, -0.15) is 0 Å². The standard InChI is InChI=1S/C18H20ClN3O2S/c1-13-2-3-14(10-16(13)19)4-5-17(23)21-18-20-15(12-25-18)11-22-6-8-24-9-7-22/h2-5,10,12H,6-9,11H2,1H3,(H,20,21,23)/b5-4+. The van der Waals surface area contributed by atoms with Crippen LogP contribution in [-0.2, 0) is 16.1 Å². The van der Waals surface area contributed by atoms with Crippen LogP contribution in [0.5, 0.6) is 0 Å². The van der Waals surface area contributed by atoms with E-state index in [9.17, 15) is 4.79 Å². The second-order valence-corrected chi connectivity index (χ2v) is 7.13. The number of carbonyl (C=O) groups excluding carboxylic acids is 1. The van der Waals surface area contributed by atoms with Crippen molar-refractivity contribution in [2.45, 2.75) is 13.5 Å². The van der Waals surface area contributed by atoms with E-state index in [0.717, 1.165) is 49.7 Å². The molecule has 0 radical (unpaired) electrons. The first-order valence-electron chi connectivity index (χ1n) is 8.10. The van der Waals surface area contributed by atoms with Gasteiger partial charge in [-0.1, -0.05) is 23.7 Å². The average molecular weight is 378 g/mol. The van der Waals surface area contributed by atoms with E-state index in [4.69, 9.17) is 16.3 Å². The summed E-state index contributed by atoms with van der Waals surface area (Å²) in [4.78, 5) is 18.8. The van der Waals surface area contributed by atoms with Crippen LogP contribution in [0.2, 0.25) is 5.02 Å². The number of ether oxygens (including phenoxy) is 1. The molecule has 0 atom stereocenters. The molecule has 7 heteroatoms. The van der Waals surface area contributed by atoms with Gasteiger partial charge in [-0.25, -0.2) is 4.98 Å². The van der Waals surface area contributed by atoms with Crippen LogP contribution < -0.4 is 5.32 Å². The Morgan fingerprint density at radius 1 is 1.44 bits per heavy atom. The number of benzene rings is 1. The Morgan fingerprint density at radius 2 is 2.24 bits per heavy atom. The maximum Gasteiger partial charge on any atom is 0.250 e. The molecule has 0 spiro atoms. The second kappa shape index (κ2) is 8.58. The molecule has 1 saturated heterocycles. The minimum atomic E-state index is -0.205. The first-order chi connectivity index (χ1) is 12.1. The van der Waals surface area contributed by atoms with Crippen molar-refractivity contribution in [1.82, 2.24) is 9.88 Å². The summed E-state index contributed by atoms with van der Waals surface area (Å²) in [6, 6.07) is 5.69.